The minimum atomic E-state index is 0.506. The number of rotatable bonds is 1. The van der Waals surface area contributed by atoms with Crippen molar-refractivity contribution < 1.29 is 0 Å². The van der Waals surface area contributed by atoms with E-state index >= 15 is 0 Å². The Hall–Kier alpha value is 0.430. The fraction of sp³-hybridized carbons (Fsp3) is 1.00. The van der Waals surface area contributed by atoms with Crippen molar-refractivity contribution in [2.24, 2.45) is 5.41 Å². The van der Waals surface area contributed by atoms with Gasteiger partial charge in [-0.2, -0.15) is 0 Å². The Kier molecular flexibility index (Phi) is 2.64. The topological polar surface area (TPSA) is 0 Å². The molecule has 0 N–H and O–H groups in total. The third kappa shape index (κ3) is 3.11. The summed E-state index contributed by atoms with van der Waals surface area (Å²) in [6.07, 6.45) is 7.10. The minimum Gasteiger partial charge on any atom is -0.131 e. The van der Waals surface area contributed by atoms with Gasteiger partial charge in [-0.3, -0.25) is 0 Å². The summed E-state index contributed by atoms with van der Waals surface area (Å²) < 4.78 is 0. The lowest BCUT2D eigenvalue weighted by molar-refractivity contribution is 0.319. The molecule has 1 saturated carbocycles. The summed E-state index contributed by atoms with van der Waals surface area (Å²) in [5.74, 6) is 0. The predicted molar refractivity (Wildman–Crippen MR) is 55.0 cm³/mol. The molecule has 66 valence electrons. The lowest BCUT2D eigenvalue weighted by Gasteiger charge is -2.31. The SMILES string of the molecule is CC(C)(C)CC1(P)CCCC1. The molecular weight excluding hydrogens is 151 g/mol. The third-order valence-electron chi connectivity index (χ3n) is 2.48. The van der Waals surface area contributed by atoms with E-state index in [0.717, 1.165) is 0 Å². The molecule has 1 aliphatic carbocycles. The van der Waals surface area contributed by atoms with Crippen LogP contribution in [0.1, 0.15) is 52.9 Å². The third-order valence-corrected chi connectivity index (χ3v) is 3.26. The van der Waals surface area contributed by atoms with Gasteiger partial charge in [0.1, 0.15) is 0 Å². The number of hydrogen-bond acceptors (Lipinski definition) is 0. The highest BCUT2D eigenvalue weighted by atomic mass is 31.0. The molecule has 11 heavy (non-hydrogen) atoms. The van der Waals surface area contributed by atoms with Gasteiger partial charge in [-0.05, 0) is 29.8 Å². The maximum Gasteiger partial charge on any atom is -0.0145 e. The Balaban J connectivity index is 2.46. The van der Waals surface area contributed by atoms with E-state index in [1.54, 1.807) is 0 Å². The monoisotopic (exact) mass is 172 g/mol. The van der Waals surface area contributed by atoms with Crippen molar-refractivity contribution in [2.75, 3.05) is 0 Å². The summed E-state index contributed by atoms with van der Waals surface area (Å²) >= 11 is 0. The van der Waals surface area contributed by atoms with E-state index in [0.29, 0.717) is 10.6 Å². The lowest BCUT2D eigenvalue weighted by atomic mass is 9.83. The number of hydrogen-bond donors (Lipinski definition) is 0. The highest BCUT2D eigenvalue weighted by molar-refractivity contribution is 7.19. The van der Waals surface area contributed by atoms with E-state index in [4.69, 9.17) is 0 Å². The fourth-order valence-corrected chi connectivity index (χ4v) is 3.33. The smallest absolute Gasteiger partial charge is 0.0145 e. The van der Waals surface area contributed by atoms with Gasteiger partial charge < -0.3 is 0 Å². The first-order chi connectivity index (χ1) is 4.91. The van der Waals surface area contributed by atoms with Gasteiger partial charge in [0.25, 0.3) is 0 Å². The molecule has 0 nitrogen and oxygen atoms in total. The second kappa shape index (κ2) is 3.05. The first-order valence-corrected chi connectivity index (χ1v) is 5.28. The average Bonchev–Trinajstić information content (AvgIpc) is 2.09. The van der Waals surface area contributed by atoms with Crippen LogP contribution < -0.4 is 0 Å². The zero-order valence-electron chi connectivity index (χ0n) is 8.11. The second-order valence-electron chi connectivity index (χ2n) is 5.31. The molecule has 0 amide bonds. The summed E-state index contributed by atoms with van der Waals surface area (Å²) in [6.45, 7) is 7.03. The van der Waals surface area contributed by atoms with Crippen molar-refractivity contribution in [1.29, 1.82) is 0 Å². The van der Waals surface area contributed by atoms with Crippen molar-refractivity contribution in [1.82, 2.24) is 0 Å². The highest BCUT2D eigenvalue weighted by Gasteiger charge is 2.32. The second-order valence-corrected chi connectivity index (χ2v) is 6.53. The lowest BCUT2D eigenvalue weighted by Crippen LogP contribution is -2.23. The standard InChI is InChI=1S/C10H21P/c1-9(2,3)8-10(11)6-4-5-7-10/h4-8,11H2,1-3H3. The quantitative estimate of drug-likeness (QED) is 0.530. The van der Waals surface area contributed by atoms with Crippen molar-refractivity contribution >= 4 is 9.24 Å². The van der Waals surface area contributed by atoms with Crippen molar-refractivity contribution in [3.05, 3.63) is 0 Å². The average molecular weight is 172 g/mol. The first-order valence-electron chi connectivity index (χ1n) is 4.70. The van der Waals surface area contributed by atoms with E-state index in [9.17, 15) is 0 Å². The Labute approximate surface area is 73.3 Å². The molecule has 0 aromatic carbocycles. The molecule has 0 bridgehead atoms. The van der Waals surface area contributed by atoms with Gasteiger partial charge in [0.15, 0.2) is 0 Å². The van der Waals surface area contributed by atoms with Crippen LogP contribution in [0.25, 0.3) is 0 Å². The maximum absolute atomic E-state index is 3.09. The van der Waals surface area contributed by atoms with Crippen molar-refractivity contribution in [2.45, 2.75) is 58.0 Å². The molecule has 1 aliphatic rings. The Morgan fingerprint density at radius 2 is 1.64 bits per heavy atom. The largest absolute Gasteiger partial charge is 0.131 e. The van der Waals surface area contributed by atoms with E-state index < -0.39 is 0 Å². The normalized spacial score (nSPS) is 24.0. The van der Waals surface area contributed by atoms with Gasteiger partial charge in [0, 0.05) is 0 Å². The van der Waals surface area contributed by atoms with Crippen molar-refractivity contribution in [3.8, 4) is 0 Å². The molecule has 1 rings (SSSR count). The highest BCUT2D eigenvalue weighted by Crippen LogP contribution is 2.45. The summed E-state index contributed by atoms with van der Waals surface area (Å²) in [6, 6.07) is 0. The molecule has 0 aromatic rings. The van der Waals surface area contributed by atoms with Gasteiger partial charge in [-0.1, -0.05) is 33.6 Å². The molecule has 0 aliphatic heterocycles. The van der Waals surface area contributed by atoms with Crippen LogP contribution in [-0.2, 0) is 0 Å². The molecule has 1 unspecified atom stereocenters. The van der Waals surface area contributed by atoms with Crippen LogP contribution in [0.3, 0.4) is 0 Å². The van der Waals surface area contributed by atoms with Crippen LogP contribution in [0, 0.1) is 5.41 Å². The summed E-state index contributed by atoms with van der Waals surface area (Å²) in [7, 11) is 3.09. The molecule has 0 heterocycles. The van der Waals surface area contributed by atoms with Gasteiger partial charge in [-0.15, -0.1) is 9.24 Å². The molecular formula is C10H21P. The van der Waals surface area contributed by atoms with Crippen LogP contribution in [0.5, 0.6) is 0 Å². The van der Waals surface area contributed by atoms with Crippen LogP contribution in [0.4, 0.5) is 0 Å². The zero-order chi connectivity index (χ0) is 8.54. The van der Waals surface area contributed by atoms with Crippen molar-refractivity contribution in [3.63, 3.8) is 0 Å². The van der Waals surface area contributed by atoms with E-state index in [-0.39, 0.29) is 0 Å². The molecule has 1 heteroatoms. The van der Waals surface area contributed by atoms with E-state index in [1.807, 2.05) is 0 Å². The summed E-state index contributed by atoms with van der Waals surface area (Å²) in [5, 5.41) is 0.595. The van der Waals surface area contributed by atoms with Gasteiger partial charge in [0.2, 0.25) is 0 Å². The zero-order valence-corrected chi connectivity index (χ0v) is 9.27. The molecule has 1 fully saturated rings. The Bertz CT molecular complexity index is 126. The van der Waals surface area contributed by atoms with E-state index in [1.165, 1.54) is 32.1 Å². The first kappa shape index (κ1) is 9.52. The summed E-state index contributed by atoms with van der Waals surface area (Å²) in [4.78, 5) is 0. The van der Waals surface area contributed by atoms with Crippen LogP contribution in [0.2, 0.25) is 0 Å². The Morgan fingerprint density at radius 1 is 1.18 bits per heavy atom. The minimum absolute atomic E-state index is 0.506. The molecule has 1 atom stereocenters. The molecule has 0 radical (unpaired) electrons. The summed E-state index contributed by atoms with van der Waals surface area (Å²) in [5.41, 5.74) is 0.506. The van der Waals surface area contributed by atoms with E-state index in [2.05, 4.69) is 30.0 Å². The maximum atomic E-state index is 3.09. The van der Waals surface area contributed by atoms with Gasteiger partial charge >= 0.3 is 0 Å². The Morgan fingerprint density at radius 3 is 2.00 bits per heavy atom. The van der Waals surface area contributed by atoms with Gasteiger partial charge in [-0.25, -0.2) is 0 Å². The molecule has 0 aromatic heterocycles. The molecule has 0 spiro atoms. The molecule has 0 saturated heterocycles. The van der Waals surface area contributed by atoms with Crippen LogP contribution in [0.15, 0.2) is 0 Å². The predicted octanol–water partition coefficient (Wildman–Crippen LogP) is 3.61. The van der Waals surface area contributed by atoms with Crippen LogP contribution >= 0.6 is 9.24 Å². The fourth-order valence-electron chi connectivity index (χ4n) is 2.31. The van der Waals surface area contributed by atoms with Crippen LogP contribution in [-0.4, -0.2) is 5.16 Å². The van der Waals surface area contributed by atoms with Gasteiger partial charge in [0.05, 0.1) is 0 Å².